The number of hydrogen-bond acceptors (Lipinski definition) is 4. The topological polar surface area (TPSA) is 48.0 Å². The van der Waals surface area contributed by atoms with Gasteiger partial charge in [-0.2, -0.15) is 0 Å². The molecular weight excluding hydrogens is 294 g/mol. The summed E-state index contributed by atoms with van der Waals surface area (Å²) in [7, 11) is 1.56. The van der Waals surface area contributed by atoms with Crippen LogP contribution in [0.3, 0.4) is 0 Å². The second-order valence-corrected chi connectivity index (χ2v) is 6.73. The number of nitrogens with zero attached hydrogens (tertiary/aromatic N) is 1. The van der Waals surface area contributed by atoms with Crippen LogP contribution < -0.4 is 4.74 Å². The van der Waals surface area contributed by atoms with Crippen molar-refractivity contribution in [2.45, 2.75) is 31.5 Å². The van der Waals surface area contributed by atoms with Gasteiger partial charge in [-0.15, -0.1) is 0 Å². The largest absolute Gasteiger partial charge is 0.491 e. The number of rotatable bonds is 5. The minimum Gasteiger partial charge on any atom is -0.491 e. The maximum Gasteiger partial charge on any atom is 0.248 e. The number of carbonyl (C=O) groups excluding carboxylic acids is 1. The number of hydrogen-bond donors (Lipinski definition) is 0. The van der Waals surface area contributed by atoms with Crippen molar-refractivity contribution in [3.63, 3.8) is 0 Å². The lowest BCUT2D eigenvalue weighted by atomic mass is 9.89. The van der Waals surface area contributed by atoms with E-state index in [-0.39, 0.29) is 24.2 Å². The molecule has 5 heteroatoms. The molecule has 5 nitrogen and oxygen atoms in total. The smallest absolute Gasteiger partial charge is 0.248 e. The van der Waals surface area contributed by atoms with Crippen LogP contribution in [0.25, 0.3) is 0 Å². The predicted octanol–water partition coefficient (Wildman–Crippen LogP) is 2.11. The van der Waals surface area contributed by atoms with Gasteiger partial charge in [-0.05, 0) is 31.9 Å². The van der Waals surface area contributed by atoms with Crippen LogP contribution in [0.5, 0.6) is 5.75 Å². The summed E-state index contributed by atoms with van der Waals surface area (Å²) >= 11 is 0. The Hall–Kier alpha value is -1.59. The Morgan fingerprint density at radius 1 is 1.39 bits per heavy atom. The van der Waals surface area contributed by atoms with Crippen molar-refractivity contribution in [3.05, 3.63) is 30.3 Å². The van der Waals surface area contributed by atoms with Crippen molar-refractivity contribution < 1.29 is 19.0 Å². The molecule has 23 heavy (non-hydrogen) atoms. The number of carbonyl (C=O) groups is 1. The highest BCUT2D eigenvalue weighted by molar-refractivity contribution is 5.77. The molecule has 0 saturated carbocycles. The summed E-state index contributed by atoms with van der Waals surface area (Å²) in [5, 5.41) is 0. The summed E-state index contributed by atoms with van der Waals surface area (Å²) in [5.74, 6) is 1.32. The van der Waals surface area contributed by atoms with E-state index in [1.165, 1.54) is 0 Å². The van der Waals surface area contributed by atoms with E-state index in [4.69, 9.17) is 14.2 Å². The summed E-state index contributed by atoms with van der Waals surface area (Å²) in [6.07, 6.45) is 2.04. The van der Waals surface area contributed by atoms with E-state index in [2.05, 4.69) is 6.92 Å². The number of piperidine rings is 1. The Bertz CT molecular complexity index is 535. The molecule has 2 fully saturated rings. The monoisotopic (exact) mass is 319 g/mol. The Morgan fingerprint density at radius 3 is 2.91 bits per heavy atom. The predicted molar refractivity (Wildman–Crippen MR) is 86.4 cm³/mol. The minimum absolute atomic E-state index is 0.0695. The summed E-state index contributed by atoms with van der Waals surface area (Å²) in [5.41, 5.74) is -0.286. The van der Waals surface area contributed by atoms with Gasteiger partial charge < -0.3 is 19.1 Å². The maximum absolute atomic E-state index is 12.0. The fraction of sp³-hybridized carbons (Fsp3) is 0.611. The molecule has 0 unspecified atom stereocenters. The van der Waals surface area contributed by atoms with Crippen LogP contribution in [-0.2, 0) is 14.3 Å². The fourth-order valence-corrected chi connectivity index (χ4v) is 3.62. The first kappa shape index (κ1) is 16.3. The van der Waals surface area contributed by atoms with E-state index >= 15 is 0 Å². The Kier molecular flexibility index (Phi) is 4.87. The van der Waals surface area contributed by atoms with E-state index in [9.17, 15) is 4.79 Å². The van der Waals surface area contributed by atoms with E-state index in [1.807, 2.05) is 35.2 Å². The third-order valence-corrected chi connectivity index (χ3v) is 4.70. The van der Waals surface area contributed by atoms with Crippen LogP contribution in [0.1, 0.15) is 19.8 Å². The van der Waals surface area contributed by atoms with Crippen molar-refractivity contribution in [1.82, 2.24) is 4.90 Å². The maximum atomic E-state index is 12.0. The number of ether oxygens (including phenoxy) is 3. The lowest BCUT2D eigenvalue weighted by Gasteiger charge is -2.33. The number of methoxy groups -OCH3 is 1. The SMILES string of the molecule is COCC(=O)N1CC[C@@H]2O[C@@](C)(COc3ccccc3)C[C@@H]2C1. The standard InChI is InChI=1S/C18H25NO4/c1-18(13-22-15-6-4-3-5-7-15)10-14-11-19(17(20)12-21-2)9-8-16(14)23-18/h3-7,14,16H,8-13H2,1-2H3/t14-,16+,18-/m1/s1. The van der Waals surface area contributed by atoms with Crippen molar-refractivity contribution in [1.29, 1.82) is 0 Å². The second kappa shape index (κ2) is 6.89. The van der Waals surface area contributed by atoms with Gasteiger partial charge in [0.05, 0.1) is 6.10 Å². The van der Waals surface area contributed by atoms with E-state index in [0.717, 1.165) is 31.7 Å². The number of benzene rings is 1. The van der Waals surface area contributed by atoms with Crippen molar-refractivity contribution in [3.8, 4) is 5.75 Å². The number of fused-ring (bicyclic) bond motifs is 1. The molecule has 3 atom stereocenters. The summed E-state index contributed by atoms with van der Waals surface area (Å²) in [6, 6.07) is 9.81. The molecule has 0 radical (unpaired) electrons. The van der Waals surface area contributed by atoms with Gasteiger partial charge in [-0.25, -0.2) is 0 Å². The van der Waals surface area contributed by atoms with Gasteiger partial charge in [0.2, 0.25) is 5.91 Å². The van der Waals surface area contributed by atoms with Crippen LogP contribution in [0.4, 0.5) is 0 Å². The highest BCUT2D eigenvalue weighted by Gasteiger charge is 2.46. The number of likely N-dealkylation sites (tertiary alicyclic amines) is 1. The molecule has 1 amide bonds. The molecule has 0 aromatic heterocycles. The number of amides is 1. The Balaban J connectivity index is 1.55. The van der Waals surface area contributed by atoms with Crippen LogP contribution in [0, 0.1) is 5.92 Å². The lowest BCUT2D eigenvalue weighted by Crippen LogP contribution is -2.45. The van der Waals surface area contributed by atoms with E-state index < -0.39 is 0 Å². The summed E-state index contributed by atoms with van der Waals surface area (Å²) < 4.78 is 17.1. The minimum atomic E-state index is -0.286. The van der Waals surface area contributed by atoms with Crippen molar-refractivity contribution >= 4 is 5.91 Å². The Morgan fingerprint density at radius 2 is 2.17 bits per heavy atom. The second-order valence-electron chi connectivity index (χ2n) is 6.73. The molecule has 0 spiro atoms. The molecule has 2 aliphatic rings. The van der Waals surface area contributed by atoms with Crippen molar-refractivity contribution in [2.24, 2.45) is 5.92 Å². The first-order chi connectivity index (χ1) is 11.1. The molecule has 1 aromatic carbocycles. The van der Waals surface area contributed by atoms with Gasteiger partial charge in [-0.3, -0.25) is 4.79 Å². The quantitative estimate of drug-likeness (QED) is 0.834. The van der Waals surface area contributed by atoms with Gasteiger partial charge in [0.1, 0.15) is 24.6 Å². The van der Waals surface area contributed by atoms with Gasteiger partial charge in [-0.1, -0.05) is 18.2 Å². The molecule has 2 aliphatic heterocycles. The molecule has 0 aliphatic carbocycles. The molecule has 1 aromatic rings. The van der Waals surface area contributed by atoms with E-state index in [0.29, 0.717) is 12.5 Å². The molecule has 3 rings (SSSR count). The third-order valence-electron chi connectivity index (χ3n) is 4.70. The van der Waals surface area contributed by atoms with Crippen molar-refractivity contribution in [2.75, 3.05) is 33.4 Å². The van der Waals surface area contributed by atoms with Gasteiger partial charge >= 0.3 is 0 Å². The molecular formula is C18H25NO4. The molecule has 126 valence electrons. The molecule has 2 saturated heterocycles. The zero-order chi connectivity index (χ0) is 16.3. The highest BCUT2D eigenvalue weighted by Crippen LogP contribution is 2.39. The van der Waals surface area contributed by atoms with Gasteiger partial charge in [0, 0.05) is 26.1 Å². The normalized spacial score (nSPS) is 30.1. The lowest BCUT2D eigenvalue weighted by molar-refractivity contribution is -0.139. The van der Waals surface area contributed by atoms with Gasteiger partial charge in [0.15, 0.2) is 0 Å². The van der Waals surface area contributed by atoms with Crippen LogP contribution in [0.2, 0.25) is 0 Å². The number of para-hydroxylation sites is 1. The molecule has 0 bridgehead atoms. The van der Waals surface area contributed by atoms with Crippen LogP contribution >= 0.6 is 0 Å². The highest BCUT2D eigenvalue weighted by atomic mass is 16.6. The van der Waals surface area contributed by atoms with E-state index in [1.54, 1.807) is 7.11 Å². The summed E-state index contributed by atoms with van der Waals surface area (Å²) in [6.45, 7) is 4.31. The average molecular weight is 319 g/mol. The zero-order valence-corrected chi connectivity index (χ0v) is 13.9. The zero-order valence-electron chi connectivity index (χ0n) is 13.9. The van der Waals surface area contributed by atoms with Crippen LogP contribution in [-0.4, -0.2) is 55.9 Å². The third kappa shape index (κ3) is 3.85. The first-order valence-corrected chi connectivity index (χ1v) is 8.22. The fourth-order valence-electron chi connectivity index (χ4n) is 3.62. The van der Waals surface area contributed by atoms with Crippen LogP contribution in [0.15, 0.2) is 30.3 Å². The van der Waals surface area contributed by atoms with Gasteiger partial charge in [0.25, 0.3) is 0 Å². The molecule has 0 N–H and O–H groups in total. The Labute approximate surface area is 137 Å². The average Bonchev–Trinajstić information content (AvgIpc) is 2.90. The summed E-state index contributed by atoms with van der Waals surface area (Å²) in [4.78, 5) is 13.9. The first-order valence-electron chi connectivity index (χ1n) is 8.22. The molecule has 2 heterocycles.